The zero-order valence-corrected chi connectivity index (χ0v) is 9.19. The molecule has 0 saturated carbocycles. The molecule has 0 atom stereocenters. The van der Waals surface area contributed by atoms with Crippen LogP contribution in [0.15, 0.2) is 24.7 Å². The van der Waals surface area contributed by atoms with Gasteiger partial charge in [-0.1, -0.05) is 0 Å². The molecule has 0 amide bonds. The average Bonchev–Trinajstić information content (AvgIpc) is 2.56. The van der Waals surface area contributed by atoms with E-state index in [1.54, 1.807) is 13.1 Å². The number of Topliss-reactive ketones (excluding diaryl/α,β-unsaturated/α-hetero) is 1. The number of hydrogen-bond donors (Lipinski definition) is 0. The number of pyridine rings is 1. The predicted octanol–water partition coefficient (Wildman–Crippen LogP) is 2.82. The van der Waals surface area contributed by atoms with Gasteiger partial charge in [0.2, 0.25) is 0 Å². The first-order valence-electron chi connectivity index (χ1n) is 5.06. The van der Waals surface area contributed by atoms with Crippen molar-refractivity contribution in [3.63, 3.8) is 0 Å². The molecule has 0 bridgehead atoms. The molecular formula is C12H14N2O. The van der Waals surface area contributed by atoms with Gasteiger partial charge < -0.3 is 4.57 Å². The Bertz CT molecular complexity index is 511. The van der Waals surface area contributed by atoms with Crippen LogP contribution < -0.4 is 0 Å². The Morgan fingerprint density at radius 1 is 1.47 bits per heavy atom. The van der Waals surface area contributed by atoms with Gasteiger partial charge in [-0.2, -0.15) is 0 Å². The van der Waals surface area contributed by atoms with Gasteiger partial charge in [-0.15, -0.1) is 0 Å². The van der Waals surface area contributed by atoms with Crippen LogP contribution in [-0.2, 0) is 0 Å². The minimum absolute atomic E-state index is 0.102. The molecule has 3 heteroatoms. The summed E-state index contributed by atoms with van der Waals surface area (Å²) >= 11 is 0. The SMILES string of the molecule is CC(=O)c1cn(C(C)C)c2cnccc12. The molecule has 0 spiro atoms. The third-order valence-corrected chi connectivity index (χ3v) is 2.57. The maximum absolute atomic E-state index is 11.5. The van der Waals surface area contributed by atoms with E-state index in [4.69, 9.17) is 0 Å². The minimum atomic E-state index is 0.102. The zero-order valence-electron chi connectivity index (χ0n) is 9.19. The van der Waals surface area contributed by atoms with Crippen molar-refractivity contribution in [1.29, 1.82) is 0 Å². The van der Waals surface area contributed by atoms with Crippen LogP contribution >= 0.6 is 0 Å². The van der Waals surface area contributed by atoms with Crippen LogP contribution in [-0.4, -0.2) is 15.3 Å². The summed E-state index contributed by atoms with van der Waals surface area (Å²) in [5.41, 5.74) is 1.80. The summed E-state index contributed by atoms with van der Waals surface area (Å²) in [6.45, 7) is 5.78. The molecule has 15 heavy (non-hydrogen) atoms. The van der Waals surface area contributed by atoms with E-state index < -0.39 is 0 Å². The van der Waals surface area contributed by atoms with Crippen molar-refractivity contribution < 1.29 is 4.79 Å². The number of carbonyl (C=O) groups is 1. The summed E-state index contributed by atoms with van der Waals surface area (Å²) < 4.78 is 2.08. The molecule has 78 valence electrons. The van der Waals surface area contributed by atoms with Crippen molar-refractivity contribution in [3.05, 3.63) is 30.2 Å². The van der Waals surface area contributed by atoms with Gasteiger partial charge in [-0.3, -0.25) is 9.78 Å². The summed E-state index contributed by atoms with van der Waals surface area (Å²) in [5, 5.41) is 0.992. The maximum atomic E-state index is 11.5. The topological polar surface area (TPSA) is 34.9 Å². The fourth-order valence-electron chi connectivity index (χ4n) is 1.81. The Labute approximate surface area is 88.7 Å². The quantitative estimate of drug-likeness (QED) is 0.702. The van der Waals surface area contributed by atoms with E-state index in [2.05, 4.69) is 23.4 Å². The van der Waals surface area contributed by atoms with Crippen molar-refractivity contribution in [3.8, 4) is 0 Å². The molecule has 0 aliphatic carbocycles. The highest BCUT2D eigenvalue weighted by atomic mass is 16.1. The van der Waals surface area contributed by atoms with Gasteiger partial charge in [0.1, 0.15) is 0 Å². The predicted molar refractivity (Wildman–Crippen MR) is 60.1 cm³/mol. The van der Waals surface area contributed by atoms with Gasteiger partial charge in [-0.05, 0) is 26.8 Å². The molecule has 0 aliphatic rings. The fraction of sp³-hybridized carbons (Fsp3) is 0.333. The first-order chi connectivity index (χ1) is 7.11. The van der Waals surface area contributed by atoms with Crippen molar-refractivity contribution in [2.45, 2.75) is 26.8 Å². The van der Waals surface area contributed by atoms with Gasteiger partial charge in [0.25, 0.3) is 0 Å². The Balaban J connectivity index is 2.79. The van der Waals surface area contributed by atoms with Crippen LogP contribution in [0.5, 0.6) is 0 Å². The summed E-state index contributed by atoms with van der Waals surface area (Å²) in [5.74, 6) is 0.102. The van der Waals surface area contributed by atoms with Crippen LogP contribution in [0.4, 0.5) is 0 Å². The summed E-state index contributed by atoms with van der Waals surface area (Å²) in [6.07, 6.45) is 5.44. The normalized spacial score (nSPS) is 11.2. The largest absolute Gasteiger partial charge is 0.343 e. The highest BCUT2D eigenvalue weighted by Gasteiger charge is 2.12. The van der Waals surface area contributed by atoms with Crippen molar-refractivity contribution in [2.75, 3.05) is 0 Å². The lowest BCUT2D eigenvalue weighted by atomic mass is 10.1. The molecule has 3 nitrogen and oxygen atoms in total. The fourth-order valence-corrected chi connectivity index (χ4v) is 1.81. The Hall–Kier alpha value is -1.64. The Morgan fingerprint density at radius 2 is 2.20 bits per heavy atom. The van der Waals surface area contributed by atoms with Crippen LogP contribution in [0.1, 0.15) is 37.2 Å². The van der Waals surface area contributed by atoms with E-state index >= 15 is 0 Å². The second-order valence-corrected chi connectivity index (χ2v) is 3.99. The number of carbonyl (C=O) groups excluding carboxylic acids is 1. The monoisotopic (exact) mass is 202 g/mol. The first-order valence-corrected chi connectivity index (χ1v) is 5.06. The molecule has 0 unspecified atom stereocenters. The van der Waals surface area contributed by atoms with Gasteiger partial charge in [-0.25, -0.2) is 0 Å². The standard InChI is InChI=1S/C12H14N2O/c1-8(2)14-7-11(9(3)15)10-4-5-13-6-12(10)14/h4-8H,1-3H3. The van der Waals surface area contributed by atoms with E-state index in [1.165, 1.54) is 0 Å². The highest BCUT2D eigenvalue weighted by Crippen LogP contribution is 2.23. The van der Waals surface area contributed by atoms with Gasteiger partial charge in [0.15, 0.2) is 5.78 Å². The maximum Gasteiger partial charge on any atom is 0.161 e. The van der Waals surface area contributed by atoms with Gasteiger partial charge in [0, 0.05) is 29.4 Å². The lowest BCUT2D eigenvalue weighted by Gasteiger charge is -2.07. The zero-order chi connectivity index (χ0) is 11.0. The molecule has 0 aliphatic heterocycles. The summed E-state index contributed by atoms with van der Waals surface area (Å²) in [6, 6.07) is 2.23. The Morgan fingerprint density at radius 3 is 2.80 bits per heavy atom. The number of hydrogen-bond acceptors (Lipinski definition) is 2. The van der Waals surface area contributed by atoms with Gasteiger partial charge in [0.05, 0.1) is 11.7 Å². The smallest absolute Gasteiger partial charge is 0.161 e. The van der Waals surface area contributed by atoms with Crippen molar-refractivity contribution >= 4 is 16.7 Å². The van der Waals surface area contributed by atoms with Crippen LogP contribution in [0, 0.1) is 0 Å². The summed E-state index contributed by atoms with van der Waals surface area (Å²) in [7, 11) is 0. The second-order valence-electron chi connectivity index (χ2n) is 3.99. The number of fused-ring (bicyclic) bond motifs is 1. The third kappa shape index (κ3) is 1.54. The van der Waals surface area contributed by atoms with Crippen LogP contribution in [0.2, 0.25) is 0 Å². The molecule has 0 aromatic carbocycles. The van der Waals surface area contributed by atoms with Crippen molar-refractivity contribution in [1.82, 2.24) is 9.55 Å². The molecule has 2 heterocycles. The molecule has 2 aromatic heterocycles. The van der Waals surface area contributed by atoms with E-state index in [0.29, 0.717) is 6.04 Å². The number of aromatic nitrogens is 2. The van der Waals surface area contributed by atoms with E-state index in [-0.39, 0.29) is 5.78 Å². The van der Waals surface area contributed by atoms with E-state index in [1.807, 2.05) is 18.5 Å². The lowest BCUT2D eigenvalue weighted by Crippen LogP contribution is -1.98. The Kier molecular flexibility index (Phi) is 2.31. The number of nitrogens with zero attached hydrogens (tertiary/aromatic N) is 2. The molecule has 0 saturated heterocycles. The van der Waals surface area contributed by atoms with Crippen molar-refractivity contribution in [2.24, 2.45) is 0 Å². The molecule has 2 aromatic rings. The molecule has 0 radical (unpaired) electrons. The number of ketones is 1. The highest BCUT2D eigenvalue weighted by molar-refractivity contribution is 6.06. The second kappa shape index (κ2) is 3.50. The van der Waals surface area contributed by atoms with E-state index in [0.717, 1.165) is 16.5 Å². The van der Waals surface area contributed by atoms with Gasteiger partial charge >= 0.3 is 0 Å². The van der Waals surface area contributed by atoms with Crippen LogP contribution in [0.25, 0.3) is 10.9 Å². The molecule has 0 N–H and O–H groups in total. The lowest BCUT2D eigenvalue weighted by molar-refractivity contribution is 0.101. The first kappa shape index (κ1) is 9.90. The van der Waals surface area contributed by atoms with E-state index in [9.17, 15) is 4.79 Å². The third-order valence-electron chi connectivity index (χ3n) is 2.57. The molecule has 2 rings (SSSR count). The average molecular weight is 202 g/mol. The molecule has 0 fully saturated rings. The summed E-state index contributed by atoms with van der Waals surface area (Å²) in [4.78, 5) is 15.6. The van der Waals surface area contributed by atoms with Crippen LogP contribution in [0.3, 0.4) is 0 Å². The minimum Gasteiger partial charge on any atom is -0.343 e. The number of rotatable bonds is 2. The molecular weight excluding hydrogens is 188 g/mol.